The second-order valence-electron chi connectivity index (χ2n) is 6.70. The van der Waals surface area contributed by atoms with E-state index < -0.39 is 15.6 Å². The van der Waals surface area contributed by atoms with Gasteiger partial charge in [-0.05, 0) is 36.6 Å². The molecule has 150 valence electrons. The summed E-state index contributed by atoms with van der Waals surface area (Å²) >= 11 is 5.83. The molecule has 0 saturated carbocycles. The monoisotopic (exact) mass is 423 g/mol. The highest BCUT2D eigenvalue weighted by molar-refractivity contribution is 7.89. The van der Waals surface area contributed by atoms with E-state index in [1.807, 2.05) is 0 Å². The molecular formula is C19H22ClN3O4S. The van der Waals surface area contributed by atoms with Gasteiger partial charge in [-0.25, -0.2) is 8.42 Å². The molecule has 1 aromatic heterocycles. The Kier molecular flexibility index (Phi) is 6.53. The summed E-state index contributed by atoms with van der Waals surface area (Å²) in [5.74, 6) is -0.385. The molecule has 0 aliphatic carbocycles. The zero-order valence-electron chi connectivity index (χ0n) is 15.3. The average Bonchev–Trinajstić information content (AvgIpc) is 2.70. The molecule has 3 rings (SSSR count). The first-order valence-corrected chi connectivity index (χ1v) is 10.9. The van der Waals surface area contributed by atoms with Crippen molar-refractivity contribution in [2.75, 3.05) is 13.1 Å². The lowest BCUT2D eigenvalue weighted by atomic mass is 10.2. The van der Waals surface area contributed by atoms with Gasteiger partial charge in [0.1, 0.15) is 6.54 Å². The molecule has 9 heteroatoms. The molecule has 0 unspecified atom stereocenters. The Morgan fingerprint density at radius 3 is 2.39 bits per heavy atom. The third kappa shape index (κ3) is 5.01. The number of aromatic nitrogens is 1. The number of hydrogen-bond acceptors (Lipinski definition) is 4. The van der Waals surface area contributed by atoms with Gasteiger partial charge in [-0.3, -0.25) is 9.59 Å². The summed E-state index contributed by atoms with van der Waals surface area (Å²) in [6.07, 6.45) is 3.91. The number of rotatable bonds is 6. The van der Waals surface area contributed by atoms with Crippen LogP contribution in [0.25, 0.3) is 0 Å². The highest BCUT2D eigenvalue weighted by Gasteiger charge is 2.26. The van der Waals surface area contributed by atoms with E-state index >= 15 is 0 Å². The Morgan fingerprint density at radius 1 is 1.04 bits per heavy atom. The Bertz CT molecular complexity index is 997. The Morgan fingerprint density at radius 2 is 1.71 bits per heavy atom. The molecule has 0 atom stereocenters. The van der Waals surface area contributed by atoms with Crippen molar-refractivity contribution in [3.8, 4) is 0 Å². The molecule has 1 saturated heterocycles. The van der Waals surface area contributed by atoms with Gasteiger partial charge in [0.2, 0.25) is 15.9 Å². The summed E-state index contributed by atoms with van der Waals surface area (Å²) in [7, 11) is -3.67. The number of halogens is 1. The first kappa shape index (κ1) is 20.6. The van der Waals surface area contributed by atoms with Crippen LogP contribution in [0.2, 0.25) is 5.02 Å². The van der Waals surface area contributed by atoms with Crippen LogP contribution in [-0.2, 0) is 27.9 Å². The maximum atomic E-state index is 12.8. The number of nitrogens with zero attached hydrogens (tertiary/aromatic N) is 2. The fraction of sp³-hybridized carbons (Fsp3) is 0.368. The van der Waals surface area contributed by atoms with Gasteiger partial charge in [0, 0.05) is 36.9 Å². The van der Waals surface area contributed by atoms with Crippen LogP contribution in [0.3, 0.4) is 0 Å². The summed E-state index contributed by atoms with van der Waals surface area (Å²) in [6.45, 7) is 0.985. The fourth-order valence-corrected chi connectivity index (χ4v) is 4.72. The number of piperidine rings is 1. The summed E-state index contributed by atoms with van der Waals surface area (Å²) < 4.78 is 28.1. The third-order valence-corrected chi connectivity index (χ3v) is 6.76. The van der Waals surface area contributed by atoms with Crippen LogP contribution in [0.1, 0.15) is 24.8 Å². The zero-order valence-corrected chi connectivity index (χ0v) is 16.9. The van der Waals surface area contributed by atoms with E-state index in [9.17, 15) is 18.0 Å². The van der Waals surface area contributed by atoms with Gasteiger partial charge in [-0.1, -0.05) is 30.2 Å². The van der Waals surface area contributed by atoms with Crippen molar-refractivity contribution in [1.82, 2.24) is 14.2 Å². The van der Waals surface area contributed by atoms with Gasteiger partial charge in [-0.15, -0.1) is 0 Å². The lowest BCUT2D eigenvalue weighted by Gasteiger charge is -2.26. The third-order valence-electron chi connectivity index (χ3n) is 4.63. The van der Waals surface area contributed by atoms with Crippen molar-refractivity contribution < 1.29 is 13.2 Å². The molecule has 1 fully saturated rings. The van der Waals surface area contributed by atoms with Crippen molar-refractivity contribution >= 4 is 27.5 Å². The van der Waals surface area contributed by atoms with Crippen LogP contribution < -0.4 is 10.9 Å². The van der Waals surface area contributed by atoms with Crippen molar-refractivity contribution in [2.24, 2.45) is 0 Å². The quantitative estimate of drug-likeness (QED) is 0.769. The van der Waals surface area contributed by atoms with E-state index in [-0.39, 0.29) is 23.9 Å². The highest BCUT2D eigenvalue weighted by Crippen LogP contribution is 2.19. The number of amides is 1. The Labute approximate surface area is 169 Å². The molecule has 0 spiro atoms. The van der Waals surface area contributed by atoms with Crippen molar-refractivity contribution in [3.63, 3.8) is 0 Å². The second-order valence-corrected chi connectivity index (χ2v) is 9.07. The van der Waals surface area contributed by atoms with Crippen molar-refractivity contribution in [2.45, 2.75) is 37.2 Å². The minimum Gasteiger partial charge on any atom is -0.350 e. The lowest BCUT2D eigenvalue weighted by Crippen LogP contribution is -2.37. The number of pyridine rings is 1. The molecule has 28 heavy (non-hydrogen) atoms. The predicted octanol–water partition coefficient (Wildman–Crippen LogP) is 1.99. The summed E-state index contributed by atoms with van der Waals surface area (Å²) in [6, 6.07) is 9.52. The van der Waals surface area contributed by atoms with Crippen LogP contribution in [0.4, 0.5) is 0 Å². The fourth-order valence-electron chi connectivity index (χ4n) is 3.05. The van der Waals surface area contributed by atoms with Crippen LogP contribution in [0.15, 0.2) is 52.3 Å². The number of nitrogens with one attached hydrogen (secondary N) is 1. The molecule has 1 aliphatic heterocycles. The van der Waals surface area contributed by atoms with Gasteiger partial charge < -0.3 is 9.88 Å². The number of sulfonamides is 1. The topological polar surface area (TPSA) is 88.5 Å². The molecule has 2 aromatic rings. The SMILES string of the molecule is O=C(Cn1cc(S(=O)(=O)N2CCCCC2)ccc1=O)NCc1ccc(Cl)cc1. The zero-order chi connectivity index (χ0) is 20.1. The lowest BCUT2D eigenvalue weighted by molar-refractivity contribution is -0.121. The maximum Gasteiger partial charge on any atom is 0.251 e. The number of carbonyl (C=O) groups is 1. The smallest absolute Gasteiger partial charge is 0.251 e. The molecule has 7 nitrogen and oxygen atoms in total. The van der Waals surface area contributed by atoms with Crippen LogP contribution in [0.5, 0.6) is 0 Å². The summed E-state index contributed by atoms with van der Waals surface area (Å²) in [4.78, 5) is 24.3. The van der Waals surface area contributed by atoms with E-state index in [0.717, 1.165) is 29.4 Å². The molecule has 1 N–H and O–H groups in total. The summed E-state index contributed by atoms with van der Waals surface area (Å²) in [5.41, 5.74) is 0.436. The van der Waals surface area contributed by atoms with Gasteiger partial charge in [0.05, 0.1) is 4.90 Å². The Balaban J connectivity index is 1.69. The number of benzene rings is 1. The van der Waals surface area contributed by atoms with Gasteiger partial charge in [0.25, 0.3) is 5.56 Å². The molecule has 1 aromatic carbocycles. The van der Waals surface area contributed by atoms with E-state index in [4.69, 9.17) is 11.6 Å². The highest BCUT2D eigenvalue weighted by atomic mass is 35.5. The number of carbonyl (C=O) groups excluding carboxylic acids is 1. The first-order valence-electron chi connectivity index (χ1n) is 9.08. The van der Waals surface area contributed by atoms with E-state index in [1.165, 1.54) is 22.6 Å². The maximum absolute atomic E-state index is 12.8. The minimum absolute atomic E-state index is 0.0273. The van der Waals surface area contributed by atoms with Crippen LogP contribution in [-0.4, -0.2) is 36.3 Å². The molecule has 1 amide bonds. The molecule has 2 heterocycles. The number of hydrogen-bond donors (Lipinski definition) is 1. The van der Waals surface area contributed by atoms with Crippen molar-refractivity contribution in [1.29, 1.82) is 0 Å². The second kappa shape index (κ2) is 8.89. The van der Waals surface area contributed by atoms with Gasteiger partial charge >= 0.3 is 0 Å². The largest absolute Gasteiger partial charge is 0.350 e. The molecule has 0 bridgehead atoms. The predicted molar refractivity (Wildman–Crippen MR) is 107 cm³/mol. The van der Waals surface area contributed by atoms with Gasteiger partial charge in [-0.2, -0.15) is 4.31 Å². The van der Waals surface area contributed by atoms with E-state index in [2.05, 4.69) is 5.32 Å². The standard InChI is InChI=1S/C19H22ClN3O4S/c20-16-6-4-15(5-7-16)12-21-18(24)14-22-13-17(8-9-19(22)25)28(26,27)23-10-2-1-3-11-23/h4-9,13H,1-3,10-12,14H2,(H,21,24). The van der Waals surface area contributed by atoms with E-state index in [0.29, 0.717) is 18.1 Å². The van der Waals surface area contributed by atoms with Crippen LogP contribution in [0, 0.1) is 0 Å². The van der Waals surface area contributed by atoms with Crippen LogP contribution >= 0.6 is 11.6 Å². The summed E-state index contributed by atoms with van der Waals surface area (Å²) in [5, 5.41) is 3.32. The van der Waals surface area contributed by atoms with Gasteiger partial charge in [0.15, 0.2) is 0 Å². The molecule has 0 radical (unpaired) electrons. The first-order chi connectivity index (χ1) is 13.4. The molecule has 1 aliphatic rings. The minimum atomic E-state index is -3.67. The molecular weight excluding hydrogens is 402 g/mol. The average molecular weight is 424 g/mol. The van der Waals surface area contributed by atoms with Crippen molar-refractivity contribution in [3.05, 3.63) is 63.5 Å². The Hall–Kier alpha value is -2.16. The van der Waals surface area contributed by atoms with E-state index in [1.54, 1.807) is 24.3 Å². The normalized spacial score (nSPS) is 15.3.